The lowest BCUT2D eigenvalue weighted by atomic mass is 9.93. The van der Waals surface area contributed by atoms with Gasteiger partial charge in [-0.3, -0.25) is 24.4 Å². The number of anilines is 1. The number of carbonyl (C=O) groups is 4. The Morgan fingerprint density at radius 1 is 1.16 bits per heavy atom. The third-order valence-electron chi connectivity index (χ3n) is 8.80. The fourth-order valence-electron chi connectivity index (χ4n) is 6.04. The molecule has 3 aliphatic carbocycles. The van der Waals surface area contributed by atoms with Gasteiger partial charge in [-0.05, 0) is 76.0 Å². The molecule has 1 aromatic rings. The number of sulfonamides is 1. The van der Waals surface area contributed by atoms with Crippen molar-refractivity contribution in [3.8, 4) is 6.07 Å². The highest BCUT2D eigenvalue weighted by Crippen LogP contribution is 2.47. The van der Waals surface area contributed by atoms with Gasteiger partial charge in [-0.15, -0.1) is 0 Å². The Kier molecular flexibility index (Phi) is 8.51. The molecule has 4 aliphatic rings. The third-order valence-corrected chi connectivity index (χ3v) is 10.6. The summed E-state index contributed by atoms with van der Waals surface area (Å²) in [6.45, 7) is 2.32. The number of benzene rings is 1. The molecule has 230 valence electrons. The van der Waals surface area contributed by atoms with E-state index in [1.54, 1.807) is 30.1 Å². The number of carbonyl (C=O) groups excluding carboxylic acids is 4. The zero-order valence-corrected chi connectivity index (χ0v) is 25.1. The van der Waals surface area contributed by atoms with E-state index in [-0.39, 0.29) is 36.7 Å². The van der Waals surface area contributed by atoms with Crippen molar-refractivity contribution in [1.29, 1.82) is 5.26 Å². The summed E-state index contributed by atoms with van der Waals surface area (Å²) < 4.78 is 32.9. The maximum atomic E-state index is 13.8. The van der Waals surface area contributed by atoms with Crippen molar-refractivity contribution in [3.05, 3.63) is 41.5 Å². The molecule has 0 aromatic heterocycles. The van der Waals surface area contributed by atoms with Crippen molar-refractivity contribution in [2.45, 2.75) is 75.2 Å². The van der Waals surface area contributed by atoms with E-state index in [2.05, 4.69) is 15.4 Å². The van der Waals surface area contributed by atoms with E-state index < -0.39 is 56.7 Å². The molecule has 4 amide bonds. The number of hydrogen-bond acceptors (Lipinski definition) is 8. The first-order valence-electron chi connectivity index (χ1n) is 14.7. The van der Waals surface area contributed by atoms with Gasteiger partial charge in [-0.2, -0.15) is 5.26 Å². The fraction of sp³-hybridized carbons (Fsp3) is 0.567. The van der Waals surface area contributed by atoms with E-state index in [4.69, 9.17) is 4.74 Å². The van der Waals surface area contributed by atoms with Crippen LogP contribution < -0.4 is 15.4 Å². The molecule has 3 N–H and O–H groups in total. The van der Waals surface area contributed by atoms with E-state index in [1.165, 1.54) is 0 Å². The van der Waals surface area contributed by atoms with Crippen LogP contribution in [0.4, 0.5) is 10.5 Å². The minimum Gasteiger partial charge on any atom is -0.446 e. The van der Waals surface area contributed by atoms with Crippen molar-refractivity contribution in [3.63, 3.8) is 0 Å². The molecule has 0 spiro atoms. The van der Waals surface area contributed by atoms with E-state index >= 15 is 0 Å². The Morgan fingerprint density at radius 2 is 1.91 bits per heavy atom. The Hall–Kier alpha value is -3.92. The molecule has 1 heterocycles. The molecular formula is C30H37N5O7S. The molecule has 5 rings (SSSR count). The van der Waals surface area contributed by atoms with Gasteiger partial charge in [-0.25, -0.2) is 13.2 Å². The molecule has 3 saturated carbocycles. The normalized spacial score (nSPS) is 29.3. The Balaban J connectivity index is 1.35. The molecule has 0 radical (unpaired) electrons. The predicted octanol–water partition coefficient (Wildman–Crippen LogP) is 2.49. The molecule has 13 heteroatoms. The monoisotopic (exact) mass is 611 g/mol. The molecule has 1 aromatic carbocycles. The summed E-state index contributed by atoms with van der Waals surface area (Å²) >= 11 is 0. The molecular weight excluding hydrogens is 574 g/mol. The maximum absolute atomic E-state index is 13.8. The van der Waals surface area contributed by atoms with E-state index in [0.29, 0.717) is 25.1 Å². The summed E-state index contributed by atoms with van der Waals surface area (Å²) in [6.07, 6.45) is 5.83. The molecule has 12 nitrogen and oxygen atoms in total. The number of allylic oxidation sites excluding steroid dienone is 1. The largest absolute Gasteiger partial charge is 0.446 e. The summed E-state index contributed by atoms with van der Waals surface area (Å²) in [5.74, 6) is -3.68. The van der Waals surface area contributed by atoms with Gasteiger partial charge < -0.3 is 15.0 Å². The molecule has 0 unspecified atom stereocenters. The Labute approximate surface area is 251 Å². The Bertz CT molecular complexity index is 1500. The molecule has 3 fully saturated rings. The molecule has 0 bridgehead atoms. The van der Waals surface area contributed by atoms with Gasteiger partial charge >= 0.3 is 6.09 Å². The first-order valence-corrected chi connectivity index (χ1v) is 16.3. The maximum Gasteiger partial charge on any atom is 0.411 e. The number of ether oxygens (including phenoxy) is 1. The van der Waals surface area contributed by atoms with Crippen LogP contribution in [-0.4, -0.2) is 67.6 Å². The standard InChI is InChI=1S/C30H37N5O7S/c1-18-8-9-19(17-31)25(13-18)32-29(39)42-21-14-23-24(15-21)27(37)35(2)12-6-4-3-5-7-20-16-30(20,33-26(23)36)28(38)34-43(40,41)22-10-11-22/h5,7-9,13,20-24H,3-4,6,10-12,14-16H2,1-2H3,(H,32,39)(H,33,36)(H,34,38)/t20-,21-,23-,24-,30-/m1/s1. The molecule has 0 saturated heterocycles. The van der Waals surface area contributed by atoms with Crippen molar-refractivity contribution in [2.75, 3.05) is 18.9 Å². The highest BCUT2D eigenvalue weighted by atomic mass is 32.2. The van der Waals surface area contributed by atoms with Crippen LogP contribution in [0.5, 0.6) is 0 Å². The minimum atomic E-state index is -3.84. The summed E-state index contributed by atoms with van der Waals surface area (Å²) in [5.41, 5.74) is -0.0483. The summed E-state index contributed by atoms with van der Waals surface area (Å²) in [6, 6.07) is 7.00. The van der Waals surface area contributed by atoms with Gasteiger partial charge in [0.15, 0.2) is 0 Å². The fourth-order valence-corrected chi connectivity index (χ4v) is 7.41. The van der Waals surface area contributed by atoms with Crippen LogP contribution in [0.1, 0.15) is 62.5 Å². The SMILES string of the molecule is Cc1ccc(C#N)c(NC(=O)O[C@@H]2C[C@H]3C(=O)N[C@]4(C(=O)NS(=O)(=O)C5CC5)C[C@H]4C=CCCCCN(C)C(=O)[C@@H]3C2)c1. The molecule has 5 atom stereocenters. The highest BCUT2D eigenvalue weighted by molar-refractivity contribution is 7.91. The van der Waals surface area contributed by atoms with Gasteiger partial charge in [-0.1, -0.05) is 18.2 Å². The van der Waals surface area contributed by atoms with Crippen molar-refractivity contribution >= 4 is 39.5 Å². The summed E-state index contributed by atoms with van der Waals surface area (Å²) in [4.78, 5) is 55.1. The minimum absolute atomic E-state index is 0.0427. The van der Waals surface area contributed by atoms with Crippen LogP contribution >= 0.6 is 0 Å². The van der Waals surface area contributed by atoms with Crippen LogP contribution in [-0.2, 0) is 29.1 Å². The zero-order valence-electron chi connectivity index (χ0n) is 24.3. The van der Waals surface area contributed by atoms with Crippen molar-refractivity contribution < 1.29 is 32.3 Å². The molecule has 43 heavy (non-hydrogen) atoms. The van der Waals surface area contributed by atoms with E-state index in [1.807, 2.05) is 25.1 Å². The second kappa shape index (κ2) is 12.0. The van der Waals surface area contributed by atoms with Gasteiger partial charge in [0.25, 0.3) is 5.91 Å². The second-order valence-corrected chi connectivity index (χ2v) is 14.1. The lowest BCUT2D eigenvalue weighted by Gasteiger charge is -2.26. The van der Waals surface area contributed by atoms with Crippen molar-refractivity contribution in [2.24, 2.45) is 17.8 Å². The number of nitrogens with one attached hydrogen (secondary N) is 3. The van der Waals surface area contributed by atoms with Crippen LogP contribution in [0.2, 0.25) is 0 Å². The topological polar surface area (TPSA) is 175 Å². The summed E-state index contributed by atoms with van der Waals surface area (Å²) in [5, 5.41) is 14.2. The first kappa shape index (κ1) is 30.5. The van der Waals surface area contributed by atoms with Crippen LogP contribution in [0, 0.1) is 36.0 Å². The average molecular weight is 612 g/mol. The number of nitrogens with zero attached hydrogens (tertiary/aromatic N) is 2. The van der Waals surface area contributed by atoms with Crippen LogP contribution in [0.3, 0.4) is 0 Å². The zero-order chi connectivity index (χ0) is 30.9. The van der Waals surface area contributed by atoms with Gasteiger partial charge in [0.05, 0.1) is 28.3 Å². The number of fused-ring (bicyclic) bond motifs is 2. The van der Waals surface area contributed by atoms with E-state index in [0.717, 1.165) is 24.8 Å². The number of hydrogen-bond donors (Lipinski definition) is 3. The Morgan fingerprint density at radius 3 is 2.63 bits per heavy atom. The predicted molar refractivity (Wildman–Crippen MR) is 156 cm³/mol. The smallest absolute Gasteiger partial charge is 0.411 e. The molecule has 1 aliphatic heterocycles. The van der Waals surface area contributed by atoms with E-state index in [9.17, 15) is 32.9 Å². The lowest BCUT2D eigenvalue weighted by Crippen LogP contribution is -2.54. The number of rotatable bonds is 5. The van der Waals surface area contributed by atoms with Crippen molar-refractivity contribution in [1.82, 2.24) is 14.9 Å². The number of aryl methyl sites for hydroxylation is 1. The summed E-state index contributed by atoms with van der Waals surface area (Å²) in [7, 11) is -2.16. The number of nitriles is 1. The van der Waals surface area contributed by atoms with Gasteiger partial charge in [0.1, 0.15) is 17.7 Å². The number of amides is 4. The van der Waals surface area contributed by atoms with Crippen LogP contribution in [0.15, 0.2) is 30.4 Å². The van der Waals surface area contributed by atoms with Gasteiger partial charge in [0.2, 0.25) is 21.8 Å². The quantitative estimate of drug-likeness (QED) is 0.426. The third kappa shape index (κ3) is 6.69. The first-order chi connectivity index (χ1) is 20.4. The lowest BCUT2D eigenvalue weighted by molar-refractivity contribution is -0.140. The second-order valence-electron chi connectivity index (χ2n) is 12.1. The van der Waals surface area contributed by atoms with Gasteiger partial charge in [0, 0.05) is 19.5 Å². The highest BCUT2D eigenvalue weighted by Gasteiger charge is 2.62. The average Bonchev–Trinajstić information content (AvgIpc) is 3.87. The van der Waals surface area contributed by atoms with Crippen LogP contribution in [0.25, 0.3) is 0 Å².